The van der Waals surface area contributed by atoms with Crippen LogP contribution in [0.2, 0.25) is 0 Å². The molecular formula is C17H14ClF3O2. The molecule has 0 unspecified atom stereocenters. The smallest absolute Gasteiger partial charge is 0.413 e. The van der Waals surface area contributed by atoms with E-state index in [1.807, 2.05) is 0 Å². The third-order valence-corrected chi connectivity index (χ3v) is 4.07. The van der Waals surface area contributed by atoms with E-state index in [1.54, 1.807) is 25.1 Å². The second-order valence-corrected chi connectivity index (χ2v) is 5.72. The first-order valence-corrected chi connectivity index (χ1v) is 7.49. The number of rotatable bonds is 1. The van der Waals surface area contributed by atoms with Crippen molar-refractivity contribution in [1.29, 1.82) is 0 Å². The summed E-state index contributed by atoms with van der Waals surface area (Å²) in [6.07, 6.45) is -2.10. The van der Waals surface area contributed by atoms with Crippen LogP contribution in [-0.4, -0.2) is 19.4 Å². The van der Waals surface area contributed by atoms with Gasteiger partial charge in [-0.05, 0) is 25.0 Å². The molecule has 6 heteroatoms. The third-order valence-electron chi connectivity index (χ3n) is 3.72. The van der Waals surface area contributed by atoms with E-state index in [2.05, 4.69) is 0 Å². The summed E-state index contributed by atoms with van der Waals surface area (Å²) in [4.78, 5) is 0. The third kappa shape index (κ3) is 3.11. The number of benzene rings is 1. The molecule has 0 amide bonds. The number of para-hydroxylation sites is 1. The summed E-state index contributed by atoms with van der Waals surface area (Å²) in [5, 5.41) is 0.278. The van der Waals surface area contributed by atoms with Gasteiger partial charge in [0.1, 0.15) is 13.2 Å². The van der Waals surface area contributed by atoms with Crippen LogP contribution in [-0.2, 0) is 0 Å². The summed E-state index contributed by atoms with van der Waals surface area (Å²) in [6, 6.07) is 5.31. The maximum Gasteiger partial charge on any atom is 0.413 e. The van der Waals surface area contributed by atoms with Gasteiger partial charge in [0.25, 0.3) is 0 Å². The van der Waals surface area contributed by atoms with Crippen LogP contribution in [0.5, 0.6) is 11.5 Å². The van der Waals surface area contributed by atoms with Crippen molar-refractivity contribution in [3.8, 4) is 11.5 Å². The summed E-state index contributed by atoms with van der Waals surface area (Å²) >= 11 is 6.28. The molecule has 0 bridgehead atoms. The lowest BCUT2D eigenvalue weighted by Crippen LogP contribution is -2.16. The van der Waals surface area contributed by atoms with E-state index in [0.29, 0.717) is 41.4 Å². The van der Waals surface area contributed by atoms with Crippen LogP contribution < -0.4 is 9.47 Å². The fourth-order valence-electron chi connectivity index (χ4n) is 2.69. The van der Waals surface area contributed by atoms with E-state index in [1.165, 1.54) is 6.08 Å². The highest BCUT2D eigenvalue weighted by Crippen LogP contribution is 2.44. The standard InChI is InChI=1S/C17H14ClF3O2/c1-10-9-11(17(19,20)21)5-6-13(18)15(10)12-3-2-4-14-16(12)23-8-7-22-14/h2-4,6,9H,5,7-8H2,1H3. The molecule has 1 aliphatic heterocycles. The SMILES string of the molecule is CC1=C(c2cccc3c2OCCO3)C(Cl)=CCC(C(F)(F)F)=C1. The van der Waals surface area contributed by atoms with Gasteiger partial charge in [0.2, 0.25) is 0 Å². The lowest BCUT2D eigenvalue weighted by Gasteiger charge is -2.22. The fourth-order valence-corrected chi connectivity index (χ4v) is 3.02. The monoisotopic (exact) mass is 342 g/mol. The van der Waals surface area contributed by atoms with Gasteiger partial charge in [-0.15, -0.1) is 0 Å². The molecule has 0 aromatic heterocycles. The lowest BCUT2D eigenvalue weighted by atomic mass is 9.98. The minimum Gasteiger partial charge on any atom is -0.486 e. The van der Waals surface area contributed by atoms with Crippen molar-refractivity contribution in [1.82, 2.24) is 0 Å². The van der Waals surface area contributed by atoms with Gasteiger partial charge in [-0.1, -0.05) is 35.9 Å². The van der Waals surface area contributed by atoms with Crippen LogP contribution in [0.4, 0.5) is 13.2 Å². The molecule has 1 aromatic rings. The zero-order valence-corrected chi connectivity index (χ0v) is 13.1. The normalized spacial score (nSPS) is 18.3. The van der Waals surface area contributed by atoms with E-state index in [0.717, 1.165) is 6.08 Å². The number of hydrogen-bond acceptors (Lipinski definition) is 2. The molecule has 1 aromatic carbocycles. The molecule has 1 aliphatic carbocycles. The molecule has 1 heterocycles. The summed E-state index contributed by atoms with van der Waals surface area (Å²) in [6.45, 7) is 2.45. The van der Waals surface area contributed by atoms with Crippen molar-refractivity contribution >= 4 is 17.2 Å². The quantitative estimate of drug-likeness (QED) is 0.694. The number of allylic oxidation sites excluding steroid dienone is 6. The van der Waals surface area contributed by atoms with Crippen molar-refractivity contribution in [2.45, 2.75) is 19.5 Å². The highest BCUT2D eigenvalue weighted by Gasteiger charge is 2.34. The second-order valence-electron chi connectivity index (χ2n) is 5.31. The number of halogens is 4. The Morgan fingerprint density at radius 3 is 2.61 bits per heavy atom. The minimum atomic E-state index is -4.37. The Morgan fingerprint density at radius 2 is 1.87 bits per heavy atom. The molecule has 122 valence electrons. The Bertz CT molecular complexity index is 730. The maximum atomic E-state index is 13.0. The maximum absolute atomic E-state index is 13.0. The van der Waals surface area contributed by atoms with Crippen LogP contribution in [0.3, 0.4) is 0 Å². The average Bonchev–Trinajstić information content (AvgIpc) is 2.65. The summed E-state index contributed by atoms with van der Waals surface area (Å²) < 4.78 is 50.2. The summed E-state index contributed by atoms with van der Waals surface area (Å²) in [5.41, 5.74) is 0.998. The Hall–Kier alpha value is -1.88. The molecule has 0 atom stereocenters. The first-order chi connectivity index (χ1) is 10.9. The first kappa shape index (κ1) is 16.0. The number of ether oxygens (including phenoxy) is 2. The van der Waals surface area contributed by atoms with E-state index in [-0.39, 0.29) is 11.5 Å². The van der Waals surface area contributed by atoms with Gasteiger partial charge in [0, 0.05) is 21.7 Å². The number of fused-ring (bicyclic) bond motifs is 1. The molecule has 2 aliphatic rings. The minimum absolute atomic E-state index is 0.254. The fraction of sp³-hybridized carbons (Fsp3) is 0.294. The van der Waals surface area contributed by atoms with Gasteiger partial charge >= 0.3 is 6.18 Å². The first-order valence-electron chi connectivity index (χ1n) is 7.11. The molecule has 23 heavy (non-hydrogen) atoms. The zero-order chi connectivity index (χ0) is 16.6. The molecule has 0 fully saturated rings. The highest BCUT2D eigenvalue weighted by atomic mass is 35.5. The van der Waals surface area contributed by atoms with Gasteiger partial charge < -0.3 is 9.47 Å². The van der Waals surface area contributed by atoms with Crippen molar-refractivity contribution in [2.24, 2.45) is 0 Å². The van der Waals surface area contributed by atoms with Crippen molar-refractivity contribution in [3.05, 3.63) is 52.1 Å². The Labute approximate surface area is 136 Å². The van der Waals surface area contributed by atoms with Crippen LogP contribution in [0.15, 0.2) is 46.5 Å². The van der Waals surface area contributed by atoms with Crippen molar-refractivity contribution in [2.75, 3.05) is 13.2 Å². The second kappa shape index (κ2) is 5.96. The van der Waals surface area contributed by atoms with Gasteiger partial charge in [-0.25, -0.2) is 0 Å². The molecule has 0 radical (unpaired) electrons. The predicted octanol–water partition coefficient (Wildman–Crippen LogP) is 5.25. The highest BCUT2D eigenvalue weighted by molar-refractivity contribution is 6.37. The average molecular weight is 343 g/mol. The molecule has 3 rings (SSSR count). The van der Waals surface area contributed by atoms with Crippen LogP contribution in [0, 0.1) is 0 Å². The molecule has 2 nitrogen and oxygen atoms in total. The van der Waals surface area contributed by atoms with Crippen LogP contribution in [0.1, 0.15) is 18.9 Å². The molecule has 0 saturated carbocycles. The number of alkyl halides is 3. The predicted molar refractivity (Wildman–Crippen MR) is 82.7 cm³/mol. The molecular weight excluding hydrogens is 329 g/mol. The lowest BCUT2D eigenvalue weighted by molar-refractivity contribution is -0.0929. The largest absolute Gasteiger partial charge is 0.486 e. The van der Waals surface area contributed by atoms with E-state index >= 15 is 0 Å². The van der Waals surface area contributed by atoms with E-state index in [4.69, 9.17) is 21.1 Å². The van der Waals surface area contributed by atoms with Crippen molar-refractivity contribution in [3.63, 3.8) is 0 Å². The van der Waals surface area contributed by atoms with Gasteiger partial charge in [0.05, 0.1) is 0 Å². The Balaban J connectivity index is 2.16. The van der Waals surface area contributed by atoms with Gasteiger partial charge in [-0.2, -0.15) is 13.2 Å². The molecule has 0 spiro atoms. The van der Waals surface area contributed by atoms with Crippen LogP contribution >= 0.6 is 11.6 Å². The van der Waals surface area contributed by atoms with E-state index < -0.39 is 11.7 Å². The summed E-state index contributed by atoms with van der Waals surface area (Å²) in [7, 11) is 0. The number of hydrogen-bond donors (Lipinski definition) is 0. The van der Waals surface area contributed by atoms with Gasteiger partial charge in [-0.3, -0.25) is 0 Å². The van der Waals surface area contributed by atoms with Crippen LogP contribution in [0.25, 0.3) is 5.57 Å². The molecule has 0 N–H and O–H groups in total. The molecule has 0 saturated heterocycles. The Morgan fingerprint density at radius 1 is 1.13 bits per heavy atom. The van der Waals surface area contributed by atoms with Crippen molar-refractivity contribution < 1.29 is 22.6 Å². The van der Waals surface area contributed by atoms with E-state index in [9.17, 15) is 13.2 Å². The zero-order valence-electron chi connectivity index (χ0n) is 12.3. The van der Waals surface area contributed by atoms with Gasteiger partial charge in [0.15, 0.2) is 11.5 Å². The topological polar surface area (TPSA) is 18.5 Å². The summed E-state index contributed by atoms with van der Waals surface area (Å²) in [5.74, 6) is 1.09. The Kier molecular flexibility index (Phi) is 4.15.